The maximum Gasteiger partial charge on any atom is 0.294 e. The summed E-state index contributed by atoms with van der Waals surface area (Å²) in [6.07, 6.45) is 2.84. The van der Waals surface area contributed by atoms with E-state index in [1.807, 2.05) is 0 Å². The van der Waals surface area contributed by atoms with Crippen molar-refractivity contribution in [3.05, 3.63) is 24.5 Å². The molecule has 1 rings (SSSR count). The minimum absolute atomic E-state index is 0.105. The highest BCUT2D eigenvalue weighted by molar-refractivity contribution is 7.85. The number of aromatic amines is 1. The zero-order chi connectivity index (χ0) is 7.61. The van der Waals surface area contributed by atoms with Gasteiger partial charge in [-0.1, -0.05) is 0 Å². The van der Waals surface area contributed by atoms with Crippen molar-refractivity contribution in [1.29, 1.82) is 0 Å². The molecule has 0 aliphatic heterocycles. The van der Waals surface area contributed by atoms with Crippen LogP contribution in [-0.4, -0.2) is 13.0 Å². The molecule has 10 heavy (non-hydrogen) atoms. The third-order valence-electron chi connectivity index (χ3n) is 0.986. The van der Waals surface area contributed by atoms with Crippen molar-refractivity contribution in [2.45, 2.75) is 4.90 Å². The van der Waals surface area contributed by atoms with Crippen LogP contribution in [0.2, 0.25) is 0 Å². The molecule has 0 saturated carbocycles. The van der Waals surface area contributed by atoms with E-state index in [1.165, 1.54) is 24.5 Å². The Morgan fingerprint density at radius 1 is 1.30 bits per heavy atom. The Morgan fingerprint density at radius 2 is 1.80 bits per heavy atom. The summed E-state index contributed by atoms with van der Waals surface area (Å²) >= 11 is 0. The third kappa shape index (κ3) is 1.52. The quantitative estimate of drug-likeness (QED) is 0.576. The molecule has 0 saturated heterocycles. The Labute approximate surface area is 58.3 Å². The Kier molecular flexibility index (Phi) is 1.69. The number of hydrogen-bond acceptors (Lipinski definition) is 2. The average Bonchev–Trinajstić information content (AvgIpc) is 1.88. The summed E-state index contributed by atoms with van der Waals surface area (Å²) in [5.41, 5.74) is 0. The van der Waals surface area contributed by atoms with Crippen LogP contribution < -0.4 is 4.98 Å². The molecule has 1 aromatic heterocycles. The van der Waals surface area contributed by atoms with Crippen molar-refractivity contribution in [1.82, 2.24) is 0 Å². The first-order valence-electron chi connectivity index (χ1n) is 2.54. The summed E-state index contributed by atoms with van der Waals surface area (Å²) in [4.78, 5) is 2.52. The molecule has 2 N–H and O–H groups in total. The van der Waals surface area contributed by atoms with Crippen LogP contribution in [0.1, 0.15) is 0 Å². The number of hydrogen-bond donors (Lipinski definition) is 1. The van der Waals surface area contributed by atoms with E-state index in [0.717, 1.165) is 0 Å². The van der Waals surface area contributed by atoms with Crippen LogP contribution >= 0.6 is 0 Å². The second kappa shape index (κ2) is 2.36. The maximum absolute atomic E-state index is 10.4. The Balaban J connectivity index is 3.22. The van der Waals surface area contributed by atoms with E-state index in [-0.39, 0.29) is 4.90 Å². The Morgan fingerprint density at radius 3 is 2.10 bits per heavy atom. The molecule has 4 nitrogen and oxygen atoms in total. The molecule has 1 aromatic rings. The van der Waals surface area contributed by atoms with Gasteiger partial charge in [-0.25, -0.2) is 4.98 Å². The predicted molar refractivity (Wildman–Crippen MR) is 32.8 cm³/mol. The van der Waals surface area contributed by atoms with E-state index in [0.29, 0.717) is 0 Å². The molecule has 5 heteroatoms. The molecule has 54 valence electrons. The minimum atomic E-state index is -4.02. The van der Waals surface area contributed by atoms with E-state index in [2.05, 4.69) is 4.98 Å². The van der Waals surface area contributed by atoms with Crippen LogP contribution in [-0.2, 0) is 10.1 Å². The lowest BCUT2D eigenvalue weighted by atomic mass is 10.5. The zero-order valence-corrected chi connectivity index (χ0v) is 5.80. The van der Waals surface area contributed by atoms with Crippen molar-refractivity contribution < 1.29 is 18.0 Å². The monoisotopic (exact) mass is 160 g/mol. The van der Waals surface area contributed by atoms with Crippen LogP contribution in [0, 0.1) is 0 Å². The van der Waals surface area contributed by atoms with Crippen LogP contribution in [0.3, 0.4) is 0 Å². The average molecular weight is 160 g/mol. The van der Waals surface area contributed by atoms with E-state index < -0.39 is 10.1 Å². The van der Waals surface area contributed by atoms with Gasteiger partial charge >= 0.3 is 0 Å². The predicted octanol–water partition coefficient (Wildman–Crippen LogP) is -0.253. The van der Waals surface area contributed by atoms with E-state index in [4.69, 9.17) is 4.55 Å². The van der Waals surface area contributed by atoms with Gasteiger partial charge < -0.3 is 0 Å². The number of pyridine rings is 1. The SMILES string of the molecule is O=S(=O)(O)c1cc[nH+]cc1. The van der Waals surface area contributed by atoms with Crippen molar-refractivity contribution >= 4 is 10.1 Å². The molecule has 1 heterocycles. The lowest BCUT2D eigenvalue weighted by Crippen LogP contribution is -2.03. The summed E-state index contributed by atoms with van der Waals surface area (Å²) in [5, 5.41) is 0. The molecule has 0 atom stereocenters. The number of rotatable bonds is 1. The Hall–Kier alpha value is -0.940. The molecule has 0 radical (unpaired) electrons. The first-order valence-corrected chi connectivity index (χ1v) is 3.98. The fourth-order valence-corrected chi connectivity index (χ4v) is 1.02. The lowest BCUT2D eigenvalue weighted by molar-refractivity contribution is -0.378. The third-order valence-corrected chi connectivity index (χ3v) is 1.85. The molecule has 0 fully saturated rings. The lowest BCUT2D eigenvalue weighted by Gasteiger charge is -1.89. The van der Waals surface area contributed by atoms with Gasteiger partial charge in [0.05, 0.1) is 0 Å². The highest BCUT2D eigenvalue weighted by atomic mass is 32.2. The van der Waals surface area contributed by atoms with Crippen molar-refractivity contribution in [3.8, 4) is 0 Å². The molecule has 0 bridgehead atoms. The van der Waals surface area contributed by atoms with Gasteiger partial charge in [0.25, 0.3) is 10.1 Å². The van der Waals surface area contributed by atoms with Gasteiger partial charge in [0.2, 0.25) is 0 Å². The highest BCUT2D eigenvalue weighted by Crippen LogP contribution is 2.02. The summed E-state index contributed by atoms with van der Waals surface area (Å²) in [6.45, 7) is 0. The van der Waals surface area contributed by atoms with E-state index in [1.54, 1.807) is 0 Å². The molecule has 0 aliphatic carbocycles. The van der Waals surface area contributed by atoms with Gasteiger partial charge in [0, 0.05) is 12.1 Å². The van der Waals surface area contributed by atoms with Crippen molar-refractivity contribution in [3.63, 3.8) is 0 Å². The highest BCUT2D eigenvalue weighted by Gasteiger charge is 2.07. The van der Waals surface area contributed by atoms with Gasteiger partial charge in [-0.3, -0.25) is 4.55 Å². The second-order valence-electron chi connectivity index (χ2n) is 1.71. The van der Waals surface area contributed by atoms with E-state index >= 15 is 0 Å². The molecule has 0 unspecified atom stereocenters. The summed E-state index contributed by atoms with van der Waals surface area (Å²) in [7, 11) is -4.02. The van der Waals surface area contributed by atoms with Gasteiger partial charge in [-0.05, 0) is 0 Å². The zero-order valence-electron chi connectivity index (χ0n) is 4.98. The van der Waals surface area contributed by atoms with E-state index in [9.17, 15) is 8.42 Å². The largest absolute Gasteiger partial charge is 0.294 e. The fourth-order valence-electron chi connectivity index (χ4n) is 0.544. The van der Waals surface area contributed by atoms with Crippen LogP contribution in [0.4, 0.5) is 0 Å². The number of aromatic nitrogens is 1. The molecular weight excluding hydrogens is 154 g/mol. The molecule has 0 aliphatic rings. The standard InChI is InChI=1S/C5H5NO3S/c7-10(8,9)5-1-3-6-4-2-5/h1-4H,(H,7,8,9)/p+1. The smallest absolute Gasteiger partial charge is 0.282 e. The Bertz CT molecular complexity index is 305. The van der Waals surface area contributed by atoms with Crippen molar-refractivity contribution in [2.24, 2.45) is 0 Å². The topological polar surface area (TPSA) is 68.5 Å². The maximum atomic E-state index is 10.4. The summed E-state index contributed by atoms with van der Waals surface area (Å²) in [5.74, 6) is 0. The van der Waals surface area contributed by atoms with Crippen LogP contribution in [0.25, 0.3) is 0 Å². The van der Waals surface area contributed by atoms with Gasteiger partial charge in [-0.15, -0.1) is 0 Å². The first kappa shape index (κ1) is 7.17. The number of nitrogens with one attached hydrogen (secondary N) is 1. The molecule has 0 amide bonds. The second-order valence-corrected chi connectivity index (χ2v) is 3.13. The van der Waals surface area contributed by atoms with Crippen LogP contribution in [0.5, 0.6) is 0 Å². The molecule has 0 spiro atoms. The van der Waals surface area contributed by atoms with Gasteiger partial charge in [0.1, 0.15) is 4.90 Å². The van der Waals surface area contributed by atoms with Gasteiger partial charge in [-0.2, -0.15) is 8.42 Å². The molecular formula is C5H6NO3S+. The normalized spacial score (nSPS) is 11.3. The summed E-state index contributed by atoms with van der Waals surface area (Å²) in [6, 6.07) is 2.55. The first-order chi connectivity index (χ1) is 4.61. The minimum Gasteiger partial charge on any atom is -0.282 e. The van der Waals surface area contributed by atoms with Gasteiger partial charge in [0.15, 0.2) is 12.4 Å². The molecule has 0 aromatic carbocycles. The van der Waals surface area contributed by atoms with Crippen LogP contribution in [0.15, 0.2) is 29.4 Å². The summed E-state index contributed by atoms with van der Waals surface area (Å²) < 4.78 is 29.2. The fraction of sp³-hybridized carbons (Fsp3) is 0. The van der Waals surface area contributed by atoms with Crippen molar-refractivity contribution in [2.75, 3.05) is 0 Å². The number of H-pyrrole nitrogens is 1.